The van der Waals surface area contributed by atoms with Gasteiger partial charge in [-0.05, 0) is 89.2 Å². The van der Waals surface area contributed by atoms with Crippen LogP contribution < -0.4 is 5.32 Å². The number of nitrogens with zero attached hydrogens (tertiary/aromatic N) is 3. The number of nitrogens with one attached hydrogen (secondary N) is 1. The number of hydrogen-bond donors (Lipinski definition) is 1. The first-order chi connectivity index (χ1) is 14.2. The lowest BCUT2D eigenvalue weighted by molar-refractivity contribution is 0.255. The second-order valence-corrected chi connectivity index (χ2v) is 8.11. The summed E-state index contributed by atoms with van der Waals surface area (Å²) in [6, 6.07) is 7.95. The molecule has 162 valence electrons. The molecule has 0 saturated carbocycles. The van der Waals surface area contributed by atoms with E-state index in [1.165, 1.54) is 64.8 Å². The van der Waals surface area contributed by atoms with E-state index in [4.69, 9.17) is 11.6 Å². The molecular weight excluding hydrogens is 380 g/mol. The number of benzene rings is 1. The number of halogens is 1. The summed E-state index contributed by atoms with van der Waals surface area (Å²) in [5, 5.41) is 5.44. The summed E-state index contributed by atoms with van der Waals surface area (Å²) in [5.74, 6) is 0. The van der Waals surface area contributed by atoms with Gasteiger partial charge in [0.2, 0.25) is 0 Å². The van der Waals surface area contributed by atoms with Gasteiger partial charge in [0, 0.05) is 28.8 Å². The zero-order valence-electron chi connectivity index (χ0n) is 18.6. The Bertz CT molecular complexity index is 702. The molecule has 5 heteroatoms. The maximum absolute atomic E-state index is 6.07. The second-order valence-electron chi connectivity index (χ2n) is 7.68. The van der Waals surface area contributed by atoms with Gasteiger partial charge in [0.1, 0.15) is 0 Å². The fourth-order valence-electron chi connectivity index (χ4n) is 3.77. The van der Waals surface area contributed by atoms with E-state index in [1.54, 1.807) is 0 Å². The molecule has 0 bridgehead atoms. The highest BCUT2D eigenvalue weighted by Gasteiger charge is 2.05. The average molecular weight is 419 g/mol. The van der Waals surface area contributed by atoms with Gasteiger partial charge in [0.05, 0.1) is 5.52 Å². The highest BCUT2D eigenvalue weighted by Crippen LogP contribution is 2.24. The van der Waals surface area contributed by atoms with Gasteiger partial charge in [-0.25, -0.2) is 0 Å². The van der Waals surface area contributed by atoms with E-state index in [1.807, 2.05) is 30.5 Å². The van der Waals surface area contributed by atoms with Crippen molar-refractivity contribution in [3.05, 3.63) is 35.5 Å². The molecule has 1 N–H and O–H groups in total. The summed E-state index contributed by atoms with van der Waals surface area (Å²) in [4.78, 5) is 9.53. The third kappa shape index (κ3) is 8.49. The van der Waals surface area contributed by atoms with E-state index >= 15 is 0 Å². The zero-order valence-corrected chi connectivity index (χ0v) is 19.3. The number of unbranched alkanes of at least 4 members (excludes halogenated alkanes) is 3. The fraction of sp³-hybridized carbons (Fsp3) is 0.625. The Hall–Kier alpha value is -1.36. The fourth-order valence-corrected chi connectivity index (χ4v) is 3.94. The summed E-state index contributed by atoms with van der Waals surface area (Å²) in [7, 11) is 0. The zero-order chi connectivity index (χ0) is 20.9. The van der Waals surface area contributed by atoms with E-state index in [-0.39, 0.29) is 0 Å². The van der Waals surface area contributed by atoms with Crippen LogP contribution in [0.5, 0.6) is 0 Å². The van der Waals surface area contributed by atoms with Crippen LogP contribution in [0.25, 0.3) is 10.9 Å². The molecule has 0 unspecified atom stereocenters. The molecule has 2 aromatic rings. The number of fused-ring (bicyclic) bond motifs is 1. The van der Waals surface area contributed by atoms with Crippen LogP contribution in [-0.4, -0.2) is 60.6 Å². The maximum Gasteiger partial charge on any atom is 0.0737 e. The lowest BCUT2D eigenvalue weighted by atomic mass is 10.1. The van der Waals surface area contributed by atoms with Crippen molar-refractivity contribution in [3.63, 3.8) is 0 Å². The van der Waals surface area contributed by atoms with Crippen LogP contribution in [0.15, 0.2) is 30.5 Å². The van der Waals surface area contributed by atoms with Gasteiger partial charge in [-0.15, -0.1) is 0 Å². The Balaban J connectivity index is 1.60. The Labute approximate surface area is 182 Å². The van der Waals surface area contributed by atoms with Crippen molar-refractivity contribution in [1.29, 1.82) is 0 Å². The van der Waals surface area contributed by atoms with Crippen molar-refractivity contribution < 1.29 is 0 Å². The highest BCUT2D eigenvalue weighted by atomic mass is 35.5. The molecule has 1 heterocycles. The minimum atomic E-state index is 0.732. The van der Waals surface area contributed by atoms with Crippen LogP contribution >= 0.6 is 11.6 Å². The van der Waals surface area contributed by atoms with Crippen molar-refractivity contribution in [3.8, 4) is 0 Å². The average Bonchev–Trinajstić information content (AvgIpc) is 2.74. The summed E-state index contributed by atoms with van der Waals surface area (Å²) in [6.07, 6.45) is 8.20. The van der Waals surface area contributed by atoms with Gasteiger partial charge in [0.15, 0.2) is 0 Å². The van der Waals surface area contributed by atoms with Crippen LogP contribution in [0.3, 0.4) is 0 Å². The molecule has 0 aliphatic heterocycles. The third-order valence-electron chi connectivity index (χ3n) is 5.71. The monoisotopic (exact) mass is 418 g/mol. The number of pyridine rings is 1. The maximum atomic E-state index is 6.07. The molecular formula is C24H39ClN4. The largest absolute Gasteiger partial charge is 0.384 e. The van der Waals surface area contributed by atoms with E-state index in [0.717, 1.165) is 34.7 Å². The first-order valence-electron chi connectivity index (χ1n) is 11.4. The van der Waals surface area contributed by atoms with Crippen molar-refractivity contribution >= 4 is 28.2 Å². The van der Waals surface area contributed by atoms with Crippen molar-refractivity contribution in [2.75, 3.05) is 51.1 Å². The van der Waals surface area contributed by atoms with Crippen LogP contribution in [-0.2, 0) is 0 Å². The third-order valence-corrected chi connectivity index (χ3v) is 5.95. The second kappa shape index (κ2) is 13.8. The van der Waals surface area contributed by atoms with E-state index < -0.39 is 0 Å². The van der Waals surface area contributed by atoms with E-state index in [0.29, 0.717) is 0 Å². The molecule has 0 atom stereocenters. The van der Waals surface area contributed by atoms with Gasteiger partial charge in [-0.1, -0.05) is 38.8 Å². The molecule has 1 aromatic heterocycles. The van der Waals surface area contributed by atoms with Crippen LogP contribution in [0.2, 0.25) is 5.02 Å². The van der Waals surface area contributed by atoms with Gasteiger partial charge >= 0.3 is 0 Å². The number of aromatic nitrogens is 1. The summed E-state index contributed by atoms with van der Waals surface area (Å²) in [6.45, 7) is 15.0. The van der Waals surface area contributed by atoms with Crippen LogP contribution in [0, 0.1) is 0 Å². The highest BCUT2D eigenvalue weighted by molar-refractivity contribution is 6.31. The molecule has 0 aliphatic rings. The number of anilines is 1. The minimum Gasteiger partial charge on any atom is -0.384 e. The molecule has 2 rings (SSSR count). The predicted octanol–water partition coefficient (Wildman–Crippen LogP) is 5.91. The van der Waals surface area contributed by atoms with Gasteiger partial charge in [0.25, 0.3) is 0 Å². The molecule has 0 fully saturated rings. The van der Waals surface area contributed by atoms with Crippen LogP contribution in [0.1, 0.15) is 52.9 Å². The molecule has 4 nitrogen and oxygen atoms in total. The Morgan fingerprint density at radius 1 is 0.828 bits per heavy atom. The lowest BCUT2D eigenvalue weighted by Gasteiger charge is -2.22. The Morgan fingerprint density at radius 2 is 1.48 bits per heavy atom. The van der Waals surface area contributed by atoms with Gasteiger partial charge in [-0.2, -0.15) is 0 Å². The molecule has 0 radical (unpaired) electrons. The summed E-state index contributed by atoms with van der Waals surface area (Å²) >= 11 is 6.07. The SMILES string of the molecule is CCN(CC)CCCCN(CC)CCCCCNc1ccnc2cc(Cl)ccc12. The van der Waals surface area contributed by atoms with Crippen molar-refractivity contribution in [2.24, 2.45) is 0 Å². The summed E-state index contributed by atoms with van der Waals surface area (Å²) in [5.41, 5.74) is 2.09. The van der Waals surface area contributed by atoms with E-state index in [2.05, 4.69) is 40.9 Å². The number of hydrogen-bond acceptors (Lipinski definition) is 4. The molecule has 29 heavy (non-hydrogen) atoms. The molecule has 0 spiro atoms. The first-order valence-corrected chi connectivity index (χ1v) is 11.8. The first kappa shape index (κ1) is 23.9. The molecule has 0 amide bonds. The standard InChI is InChI=1S/C24H39ClN4/c1-4-28(5-2)17-10-11-19-29(6-3)18-9-7-8-15-26-23-14-16-27-24-20-21(25)12-13-22(23)24/h12-14,16,20H,4-11,15,17-19H2,1-3H3,(H,26,27). The van der Waals surface area contributed by atoms with Gasteiger partial charge in [-0.3, -0.25) is 4.98 Å². The number of rotatable bonds is 15. The summed E-state index contributed by atoms with van der Waals surface area (Å²) < 4.78 is 0. The molecule has 0 saturated heterocycles. The van der Waals surface area contributed by atoms with E-state index in [9.17, 15) is 0 Å². The van der Waals surface area contributed by atoms with Crippen molar-refractivity contribution in [1.82, 2.24) is 14.8 Å². The Kier molecular flexibility index (Phi) is 11.4. The van der Waals surface area contributed by atoms with Crippen LogP contribution in [0.4, 0.5) is 5.69 Å². The lowest BCUT2D eigenvalue weighted by Crippen LogP contribution is -2.28. The quantitative estimate of drug-likeness (QED) is 0.364. The topological polar surface area (TPSA) is 31.4 Å². The van der Waals surface area contributed by atoms with Gasteiger partial charge < -0.3 is 15.1 Å². The minimum absolute atomic E-state index is 0.732. The Morgan fingerprint density at radius 3 is 2.17 bits per heavy atom. The van der Waals surface area contributed by atoms with Crippen molar-refractivity contribution in [2.45, 2.75) is 52.9 Å². The molecule has 0 aliphatic carbocycles. The molecule has 1 aromatic carbocycles. The smallest absolute Gasteiger partial charge is 0.0737 e. The normalized spacial score (nSPS) is 11.7. The predicted molar refractivity (Wildman–Crippen MR) is 128 cm³/mol.